The van der Waals surface area contributed by atoms with Crippen LogP contribution in [0.2, 0.25) is 0 Å². The maximum Gasteiger partial charge on any atom is 0.240 e. The Morgan fingerprint density at radius 3 is 2.69 bits per heavy atom. The van der Waals surface area contributed by atoms with E-state index in [1.807, 2.05) is 0 Å². The number of amides is 2. The van der Waals surface area contributed by atoms with E-state index in [2.05, 4.69) is 16.7 Å². The predicted octanol–water partition coefficient (Wildman–Crippen LogP) is 0.0751. The van der Waals surface area contributed by atoms with E-state index in [-0.39, 0.29) is 17.9 Å². The number of carbonyl (C=O) groups is 2. The third-order valence-electron chi connectivity index (χ3n) is 3.42. The zero-order valence-corrected chi connectivity index (χ0v) is 9.08. The van der Waals surface area contributed by atoms with Crippen molar-refractivity contribution in [2.45, 2.75) is 38.1 Å². The van der Waals surface area contributed by atoms with Gasteiger partial charge < -0.3 is 10.6 Å². The first-order valence-electron chi connectivity index (χ1n) is 5.65. The van der Waals surface area contributed by atoms with Crippen LogP contribution in [-0.4, -0.2) is 24.4 Å². The highest BCUT2D eigenvalue weighted by Crippen LogP contribution is 2.37. The van der Waals surface area contributed by atoms with Crippen molar-refractivity contribution in [3.63, 3.8) is 0 Å². The summed E-state index contributed by atoms with van der Waals surface area (Å²) in [7, 11) is 0. The third-order valence-corrected chi connectivity index (χ3v) is 3.42. The van der Waals surface area contributed by atoms with Crippen molar-refractivity contribution in [1.29, 1.82) is 5.26 Å². The van der Waals surface area contributed by atoms with Crippen molar-refractivity contribution >= 4 is 11.8 Å². The van der Waals surface area contributed by atoms with Crippen LogP contribution in [0.25, 0.3) is 0 Å². The fourth-order valence-electron chi connectivity index (χ4n) is 2.40. The fourth-order valence-corrected chi connectivity index (χ4v) is 2.40. The number of nitrogens with one attached hydrogen (secondary N) is 2. The van der Waals surface area contributed by atoms with Crippen LogP contribution in [0.1, 0.15) is 32.1 Å². The van der Waals surface area contributed by atoms with Gasteiger partial charge in [-0.25, -0.2) is 0 Å². The second-order valence-electron chi connectivity index (χ2n) is 4.58. The molecule has 2 aliphatic rings. The first-order chi connectivity index (χ1) is 7.66. The normalized spacial score (nSPS) is 27.2. The average molecular weight is 221 g/mol. The molecule has 0 bridgehead atoms. The zero-order valence-electron chi connectivity index (χ0n) is 9.08. The smallest absolute Gasteiger partial charge is 0.240 e. The Morgan fingerprint density at radius 1 is 1.50 bits per heavy atom. The first-order valence-corrected chi connectivity index (χ1v) is 5.65. The molecule has 0 aromatic rings. The number of nitriles is 1. The Balaban J connectivity index is 1.97. The summed E-state index contributed by atoms with van der Waals surface area (Å²) in [5, 5.41) is 14.6. The minimum Gasteiger partial charge on any atom is -0.354 e. The van der Waals surface area contributed by atoms with Gasteiger partial charge in [-0.1, -0.05) is 12.8 Å². The average Bonchev–Trinajstić information content (AvgIpc) is 2.88. The van der Waals surface area contributed by atoms with Gasteiger partial charge in [0.05, 0.1) is 12.1 Å². The van der Waals surface area contributed by atoms with E-state index in [0.717, 1.165) is 12.8 Å². The molecule has 1 aliphatic carbocycles. The molecule has 1 unspecified atom stereocenters. The minimum absolute atomic E-state index is 0.0391. The van der Waals surface area contributed by atoms with E-state index in [1.54, 1.807) is 0 Å². The summed E-state index contributed by atoms with van der Waals surface area (Å²) in [6.45, 7) is 0.478. The maximum absolute atomic E-state index is 12.0. The fraction of sp³-hybridized carbons (Fsp3) is 0.727. The Bertz CT molecular complexity index is 353. The molecule has 2 rings (SSSR count). The highest BCUT2D eigenvalue weighted by Gasteiger charge is 2.42. The van der Waals surface area contributed by atoms with E-state index in [9.17, 15) is 9.59 Å². The lowest BCUT2D eigenvalue weighted by Crippen LogP contribution is -2.44. The second kappa shape index (κ2) is 4.12. The summed E-state index contributed by atoms with van der Waals surface area (Å²) in [6.07, 6.45) is 3.48. The SMILES string of the molecule is N#CC1(C(=O)NC2CNC(=O)C2)CCCC1. The molecule has 5 nitrogen and oxygen atoms in total. The molecule has 1 saturated heterocycles. The molecule has 2 N–H and O–H groups in total. The van der Waals surface area contributed by atoms with Gasteiger partial charge in [-0.2, -0.15) is 5.26 Å². The van der Waals surface area contributed by atoms with Crippen molar-refractivity contribution < 1.29 is 9.59 Å². The summed E-state index contributed by atoms with van der Waals surface area (Å²) in [4.78, 5) is 23.0. The van der Waals surface area contributed by atoms with Gasteiger partial charge in [0.25, 0.3) is 0 Å². The molecule has 1 atom stereocenters. The molecular weight excluding hydrogens is 206 g/mol. The van der Waals surface area contributed by atoms with Gasteiger partial charge in [-0.3, -0.25) is 9.59 Å². The van der Waals surface area contributed by atoms with E-state index in [0.29, 0.717) is 25.8 Å². The molecular formula is C11H15N3O2. The Hall–Kier alpha value is -1.57. The summed E-state index contributed by atoms with van der Waals surface area (Å²) in [6, 6.07) is 2.00. The monoisotopic (exact) mass is 221 g/mol. The van der Waals surface area contributed by atoms with Gasteiger partial charge in [0.2, 0.25) is 11.8 Å². The molecule has 1 aliphatic heterocycles. The highest BCUT2D eigenvalue weighted by molar-refractivity contribution is 5.87. The Kier molecular flexibility index (Phi) is 2.82. The van der Waals surface area contributed by atoms with Crippen molar-refractivity contribution in [3.05, 3.63) is 0 Å². The van der Waals surface area contributed by atoms with Crippen molar-refractivity contribution in [3.8, 4) is 6.07 Å². The molecule has 1 saturated carbocycles. The van der Waals surface area contributed by atoms with E-state index in [1.165, 1.54) is 0 Å². The van der Waals surface area contributed by atoms with Gasteiger partial charge >= 0.3 is 0 Å². The first kappa shape index (κ1) is 10.9. The lowest BCUT2D eigenvalue weighted by Gasteiger charge is -2.21. The molecule has 0 spiro atoms. The molecule has 0 aromatic carbocycles. The van der Waals surface area contributed by atoms with Crippen LogP contribution in [-0.2, 0) is 9.59 Å². The zero-order chi connectivity index (χ0) is 11.6. The van der Waals surface area contributed by atoms with Gasteiger partial charge in [0, 0.05) is 13.0 Å². The molecule has 16 heavy (non-hydrogen) atoms. The molecule has 2 fully saturated rings. The molecule has 0 radical (unpaired) electrons. The number of nitrogens with zero attached hydrogens (tertiary/aromatic N) is 1. The van der Waals surface area contributed by atoms with Crippen LogP contribution in [0.3, 0.4) is 0 Å². The Morgan fingerprint density at radius 2 is 2.19 bits per heavy atom. The molecule has 0 aromatic heterocycles. The predicted molar refractivity (Wildman–Crippen MR) is 56.1 cm³/mol. The molecule has 2 amide bonds. The number of rotatable bonds is 2. The van der Waals surface area contributed by atoms with Crippen LogP contribution in [0.4, 0.5) is 0 Å². The lowest BCUT2D eigenvalue weighted by molar-refractivity contribution is -0.128. The highest BCUT2D eigenvalue weighted by atomic mass is 16.2. The van der Waals surface area contributed by atoms with Crippen LogP contribution in [0.5, 0.6) is 0 Å². The second-order valence-corrected chi connectivity index (χ2v) is 4.58. The van der Waals surface area contributed by atoms with Crippen LogP contribution in [0, 0.1) is 16.7 Å². The van der Waals surface area contributed by atoms with Crippen molar-refractivity contribution in [2.75, 3.05) is 6.54 Å². The Labute approximate surface area is 94.2 Å². The molecule has 1 heterocycles. The minimum atomic E-state index is -0.842. The quantitative estimate of drug-likeness (QED) is 0.692. The molecule has 86 valence electrons. The van der Waals surface area contributed by atoms with Gasteiger partial charge in [0.1, 0.15) is 5.41 Å². The summed E-state index contributed by atoms with van der Waals surface area (Å²) >= 11 is 0. The third kappa shape index (κ3) is 1.87. The number of hydrogen-bond donors (Lipinski definition) is 2. The van der Waals surface area contributed by atoms with Gasteiger partial charge in [-0.15, -0.1) is 0 Å². The number of carbonyl (C=O) groups excluding carboxylic acids is 2. The standard InChI is InChI=1S/C11H15N3O2/c12-7-11(3-1-2-4-11)10(16)14-8-5-9(15)13-6-8/h8H,1-6H2,(H,13,15)(H,14,16). The largest absolute Gasteiger partial charge is 0.354 e. The number of hydrogen-bond acceptors (Lipinski definition) is 3. The van der Waals surface area contributed by atoms with E-state index < -0.39 is 5.41 Å². The maximum atomic E-state index is 12.0. The summed E-state index contributed by atoms with van der Waals surface area (Å²) in [5.41, 5.74) is -0.842. The van der Waals surface area contributed by atoms with Gasteiger partial charge in [0.15, 0.2) is 0 Å². The van der Waals surface area contributed by atoms with Crippen LogP contribution < -0.4 is 10.6 Å². The van der Waals surface area contributed by atoms with Crippen molar-refractivity contribution in [1.82, 2.24) is 10.6 Å². The van der Waals surface area contributed by atoms with Crippen molar-refractivity contribution in [2.24, 2.45) is 5.41 Å². The lowest BCUT2D eigenvalue weighted by atomic mass is 9.87. The summed E-state index contributed by atoms with van der Waals surface area (Å²) < 4.78 is 0. The summed E-state index contributed by atoms with van der Waals surface area (Å²) in [5.74, 6) is -0.239. The van der Waals surface area contributed by atoms with E-state index >= 15 is 0 Å². The van der Waals surface area contributed by atoms with Crippen LogP contribution >= 0.6 is 0 Å². The van der Waals surface area contributed by atoms with Crippen LogP contribution in [0.15, 0.2) is 0 Å². The molecule has 5 heteroatoms. The van der Waals surface area contributed by atoms with E-state index in [4.69, 9.17) is 5.26 Å². The van der Waals surface area contributed by atoms with Gasteiger partial charge in [-0.05, 0) is 12.8 Å². The topological polar surface area (TPSA) is 82.0 Å².